The van der Waals surface area contributed by atoms with Gasteiger partial charge in [0, 0.05) is 4.88 Å². The Morgan fingerprint density at radius 2 is 2.20 bits per heavy atom. The molecular formula is C12H10N4O2S2. The first-order chi connectivity index (χ1) is 9.58. The highest BCUT2D eigenvalue weighted by Gasteiger charge is 2.23. The first-order valence-electron chi connectivity index (χ1n) is 5.75. The molecule has 20 heavy (non-hydrogen) atoms. The van der Waals surface area contributed by atoms with E-state index >= 15 is 0 Å². The van der Waals surface area contributed by atoms with Crippen LogP contribution in [-0.4, -0.2) is 31.1 Å². The second-order valence-electron chi connectivity index (χ2n) is 4.12. The summed E-state index contributed by atoms with van der Waals surface area (Å²) < 4.78 is 1.50. The molecule has 3 aromatic rings. The molecule has 0 amide bonds. The Bertz CT molecular complexity index is 754. The summed E-state index contributed by atoms with van der Waals surface area (Å²) in [7, 11) is 0. The van der Waals surface area contributed by atoms with Gasteiger partial charge in [-0.1, -0.05) is 22.6 Å². The quantitative estimate of drug-likeness (QED) is 0.804. The lowest BCUT2D eigenvalue weighted by Gasteiger charge is -2.01. The highest BCUT2D eigenvalue weighted by molar-refractivity contribution is 7.14. The van der Waals surface area contributed by atoms with Crippen molar-refractivity contribution < 1.29 is 9.90 Å². The van der Waals surface area contributed by atoms with E-state index in [1.165, 1.54) is 27.4 Å². The van der Waals surface area contributed by atoms with Crippen molar-refractivity contribution in [1.82, 2.24) is 20.0 Å². The van der Waals surface area contributed by atoms with Gasteiger partial charge in [-0.2, -0.15) is 4.68 Å². The predicted octanol–water partition coefficient (Wildman–Crippen LogP) is 2.77. The zero-order chi connectivity index (χ0) is 14.3. The molecule has 0 radical (unpaired) electrons. The van der Waals surface area contributed by atoms with Gasteiger partial charge in [-0.05, 0) is 25.3 Å². The van der Waals surface area contributed by atoms with Crippen molar-refractivity contribution in [2.45, 2.75) is 13.8 Å². The van der Waals surface area contributed by atoms with Gasteiger partial charge in [0.15, 0.2) is 5.69 Å². The Hall–Kier alpha value is -2.06. The van der Waals surface area contributed by atoms with E-state index in [-0.39, 0.29) is 5.69 Å². The van der Waals surface area contributed by atoms with Crippen molar-refractivity contribution in [3.8, 4) is 15.7 Å². The van der Waals surface area contributed by atoms with Crippen LogP contribution in [0.15, 0.2) is 17.5 Å². The molecule has 1 N–H and O–H groups in total. The normalized spacial score (nSPS) is 10.9. The van der Waals surface area contributed by atoms with E-state index in [0.29, 0.717) is 10.8 Å². The van der Waals surface area contributed by atoms with Crippen LogP contribution in [-0.2, 0) is 0 Å². The minimum absolute atomic E-state index is 0.0574. The van der Waals surface area contributed by atoms with E-state index in [1.54, 1.807) is 0 Å². The summed E-state index contributed by atoms with van der Waals surface area (Å²) in [5.41, 5.74) is 1.33. The van der Waals surface area contributed by atoms with E-state index in [0.717, 1.165) is 15.4 Å². The summed E-state index contributed by atoms with van der Waals surface area (Å²) >= 11 is 2.91. The van der Waals surface area contributed by atoms with E-state index < -0.39 is 5.97 Å². The standard InChI is InChI=1S/C12H10N4O2S2/c1-6-7(2)20-12(13-6)16-10(8-4-3-5-19-8)9(11(17)18)14-15-16/h3-5H,1-2H3,(H,17,18). The maximum atomic E-state index is 11.3. The van der Waals surface area contributed by atoms with Crippen LogP contribution in [0.4, 0.5) is 0 Å². The third-order valence-corrected chi connectivity index (χ3v) is 4.75. The fourth-order valence-electron chi connectivity index (χ4n) is 1.74. The lowest BCUT2D eigenvalue weighted by molar-refractivity contribution is 0.0691. The molecule has 0 aliphatic rings. The molecule has 0 unspecified atom stereocenters. The van der Waals surface area contributed by atoms with Crippen LogP contribution < -0.4 is 0 Å². The van der Waals surface area contributed by atoms with Crippen LogP contribution in [0, 0.1) is 13.8 Å². The molecule has 0 atom stereocenters. The molecule has 3 rings (SSSR count). The number of hydrogen-bond acceptors (Lipinski definition) is 6. The molecule has 3 heterocycles. The van der Waals surface area contributed by atoms with Crippen molar-refractivity contribution in [3.05, 3.63) is 33.8 Å². The largest absolute Gasteiger partial charge is 0.476 e. The maximum Gasteiger partial charge on any atom is 0.358 e. The van der Waals surface area contributed by atoms with Gasteiger partial charge in [-0.15, -0.1) is 16.4 Å². The number of thiophene rings is 1. The summed E-state index contributed by atoms with van der Waals surface area (Å²) in [6.07, 6.45) is 0. The lowest BCUT2D eigenvalue weighted by atomic mass is 10.2. The number of hydrogen-bond donors (Lipinski definition) is 1. The zero-order valence-corrected chi connectivity index (χ0v) is 12.3. The summed E-state index contributed by atoms with van der Waals surface area (Å²) in [5.74, 6) is -1.09. The number of thiazole rings is 1. The van der Waals surface area contributed by atoms with E-state index in [2.05, 4.69) is 15.3 Å². The Morgan fingerprint density at radius 1 is 1.40 bits per heavy atom. The number of aryl methyl sites for hydroxylation is 2. The van der Waals surface area contributed by atoms with E-state index in [9.17, 15) is 9.90 Å². The molecule has 0 saturated carbocycles. The van der Waals surface area contributed by atoms with Crippen LogP contribution in [0.25, 0.3) is 15.7 Å². The summed E-state index contributed by atoms with van der Waals surface area (Å²) in [5, 5.41) is 19.5. The fourth-order valence-corrected chi connectivity index (χ4v) is 3.36. The second kappa shape index (κ2) is 4.80. The molecule has 102 valence electrons. The number of carboxylic acids is 1. The first-order valence-corrected chi connectivity index (χ1v) is 7.45. The van der Waals surface area contributed by atoms with Gasteiger partial charge >= 0.3 is 5.97 Å². The Labute approximate surface area is 122 Å². The highest BCUT2D eigenvalue weighted by atomic mass is 32.1. The van der Waals surface area contributed by atoms with Gasteiger partial charge in [-0.3, -0.25) is 0 Å². The lowest BCUT2D eigenvalue weighted by Crippen LogP contribution is -2.02. The molecule has 0 aliphatic carbocycles. The number of carbonyl (C=O) groups is 1. The molecule has 0 aliphatic heterocycles. The number of aromatic nitrogens is 4. The monoisotopic (exact) mass is 306 g/mol. The number of aromatic carboxylic acids is 1. The molecule has 0 spiro atoms. The molecule has 0 bridgehead atoms. The minimum atomic E-state index is -1.09. The Kier molecular flexibility index (Phi) is 3.11. The van der Waals surface area contributed by atoms with Crippen LogP contribution >= 0.6 is 22.7 Å². The van der Waals surface area contributed by atoms with Gasteiger partial charge in [0.1, 0.15) is 5.69 Å². The maximum absolute atomic E-state index is 11.3. The Balaban J connectivity index is 2.24. The van der Waals surface area contributed by atoms with Gasteiger partial charge < -0.3 is 5.11 Å². The molecule has 8 heteroatoms. The molecule has 0 fully saturated rings. The predicted molar refractivity (Wildman–Crippen MR) is 76.8 cm³/mol. The van der Waals surface area contributed by atoms with Crippen molar-refractivity contribution in [3.63, 3.8) is 0 Å². The first kappa shape index (κ1) is 12.9. The minimum Gasteiger partial charge on any atom is -0.476 e. The molecule has 0 aromatic carbocycles. The third-order valence-electron chi connectivity index (χ3n) is 2.83. The van der Waals surface area contributed by atoms with Crippen LogP contribution in [0.1, 0.15) is 21.1 Å². The van der Waals surface area contributed by atoms with Crippen LogP contribution in [0.2, 0.25) is 0 Å². The van der Waals surface area contributed by atoms with Crippen molar-refractivity contribution in [2.75, 3.05) is 0 Å². The molecular weight excluding hydrogens is 296 g/mol. The summed E-state index contributed by atoms with van der Waals surface area (Å²) in [6, 6.07) is 3.71. The Morgan fingerprint density at radius 3 is 2.75 bits per heavy atom. The summed E-state index contributed by atoms with van der Waals surface area (Å²) in [4.78, 5) is 17.6. The number of carboxylic acid groups (broad SMARTS) is 1. The number of rotatable bonds is 3. The van der Waals surface area contributed by atoms with Gasteiger partial charge in [0.05, 0.1) is 10.6 Å². The number of nitrogens with zero attached hydrogens (tertiary/aromatic N) is 4. The topological polar surface area (TPSA) is 80.9 Å². The average molecular weight is 306 g/mol. The van der Waals surface area contributed by atoms with E-state index in [1.807, 2.05) is 31.4 Å². The molecule has 3 aromatic heterocycles. The second-order valence-corrected chi connectivity index (χ2v) is 6.25. The van der Waals surface area contributed by atoms with Crippen molar-refractivity contribution >= 4 is 28.6 Å². The smallest absolute Gasteiger partial charge is 0.358 e. The van der Waals surface area contributed by atoms with Gasteiger partial charge in [-0.25, -0.2) is 9.78 Å². The van der Waals surface area contributed by atoms with Crippen molar-refractivity contribution in [1.29, 1.82) is 0 Å². The van der Waals surface area contributed by atoms with Crippen molar-refractivity contribution in [2.24, 2.45) is 0 Å². The fraction of sp³-hybridized carbons (Fsp3) is 0.167. The zero-order valence-electron chi connectivity index (χ0n) is 10.7. The van der Waals surface area contributed by atoms with Gasteiger partial charge in [0.25, 0.3) is 0 Å². The summed E-state index contributed by atoms with van der Waals surface area (Å²) in [6.45, 7) is 3.88. The highest BCUT2D eigenvalue weighted by Crippen LogP contribution is 2.31. The molecule has 0 saturated heterocycles. The average Bonchev–Trinajstić information content (AvgIpc) is 3.09. The van der Waals surface area contributed by atoms with Crippen LogP contribution in [0.5, 0.6) is 0 Å². The molecule has 6 nitrogen and oxygen atoms in total. The third kappa shape index (κ3) is 2.02. The van der Waals surface area contributed by atoms with E-state index in [4.69, 9.17) is 0 Å². The SMILES string of the molecule is Cc1nc(-n2nnc(C(=O)O)c2-c2cccs2)sc1C. The van der Waals surface area contributed by atoms with Gasteiger partial charge in [0.2, 0.25) is 5.13 Å². The van der Waals surface area contributed by atoms with Crippen LogP contribution in [0.3, 0.4) is 0 Å².